The van der Waals surface area contributed by atoms with Gasteiger partial charge in [0.05, 0.1) is 16.8 Å². The molecule has 0 aromatic carbocycles. The molecule has 3 rings (SSSR count). The second-order valence-corrected chi connectivity index (χ2v) is 6.52. The number of hydrogen-bond acceptors (Lipinski definition) is 4. The first kappa shape index (κ1) is 16.5. The fourth-order valence-corrected chi connectivity index (χ4v) is 3.24. The summed E-state index contributed by atoms with van der Waals surface area (Å²) in [6.07, 6.45) is 8.25. The lowest BCUT2D eigenvalue weighted by atomic mass is 9.92. The largest absolute Gasteiger partial charge is 0.378 e. The molecule has 24 heavy (non-hydrogen) atoms. The van der Waals surface area contributed by atoms with Crippen LogP contribution in [0.1, 0.15) is 37.9 Å². The average molecular weight is 325 g/mol. The third-order valence-electron chi connectivity index (χ3n) is 5.03. The standard InChI is InChI=1S/C19H23N3O2/c1-5-13-7-8-15-16(20-13)17(14(6-2)18(23)21-15)22-11-9-19(3,24-4)10-12-22/h2,7-8H,5,9-12H2,1,3-4H3,(H,21,23). The van der Waals surface area contributed by atoms with Crippen molar-refractivity contribution in [1.29, 1.82) is 0 Å². The number of aromatic nitrogens is 2. The molecule has 2 aromatic heterocycles. The van der Waals surface area contributed by atoms with E-state index in [-0.39, 0.29) is 11.2 Å². The highest BCUT2D eigenvalue weighted by molar-refractivity contribution is 5.91. The van der Waals surface area contributed by atoms with Crippen LogP contribution in [0.2, 0.25) is 0 Å². The number of aromatic amines is 1. The van der Waals surface area contributed by atoms with Gasteiger partial charge in [-0.2, -0.15) is 0 Å². The fraction of sp³-hybridized carbons (Fsp3) is 0.474. The number of nitrogens with one attached hydrogen (secondary N) is 1. The number of rotatable bonds is 3. The molecule has 126 valence electrons. The van der Waals surface area contributed by atoms with Crippen molar-refractivity contribution in [1.82, 2.24) is 9.97 Å². The SMILES string of the molecule is C#Cc1c(N2CCC(C)(OC)CC2)c2nc(CC)ccc2[nH]c1=O. The lowest BCUT2D eigenvalue weighted by molar-refractivity contribution is -0.0132. The maximum atomic E-state index is 12.4. The van der Waals surface area contributed by atoms with E-state index in [9.17, 15) is 4.79 Å². The Morgan fingerprint density at radius 1 is 1.42 bits per heavy atom. The van der Waals surface area contributed by atoms with Gasteiger partial charge in [-0.25, -0.2) is 4.98 Å². The van der Waals surface area contributed by atoms with E-state index in [0.717, 1.165) is 54.8 Å². The molecule has 0 bridgehead atoms. The van der Waals surface area contributed by atoms with Gasteiger partial charge in [-0.05, 0) is 38.3 Å². The van der Waals surface area contributed by atoms with Gasteiger partial charge in [-0.1, -0.05) is 12.8 Å². The molecule has 0 spiro atoms. The van der Waals surface area contributed by atoms with Crippen molar-refractivity contribution in [3.8, 4) is 12.3 Å². The summed E-state index contributed by atoms with van der Waals surface area (Å²) in [5.74, 6) is 2.57. The molecule has 0 amide bonds. The van der Waals surface area contributed by atoms with Crippen LogP contribution in [0, 0.1) is 12.3 Å². The van der Waals surface area contributed by atoms with Gasteiger partial charge in [0.15, 0.2) is 0 Å². The second kappa shape index (κ2) is 6.29. The van der Waals surface area contributed by atoms with Gasteiger partial charge in [0, 0.05) is 25.9 Å². The number of fused-ring (bicyclic) bond motifs is 1. The van der Waals surface area contributed by atoms with Crippen molar-refractivity contribution in [3.05, 3.63) is 33.7 Å². The minimum Gasteiger partial charge on any atom is -0.378 e. The number of ether oxygens (including phenoxy) is 1. The Balaban J connectivity index is 2.15. The lowest BCUT2D eigenvalue weighted by Crippen LogP contribution is -2.44. The van der Waals surface area contributed by atoms with E-state index in [1.807, 2.05) is 12.1 Å². The van der Waals surface area contributed by atoms with E-state index >= 15 is 0 Å². The summed E-state index contributed by atoms with van der Waals surface area (Å²) >= 11 is 0. The van der Waals surface area contributed by atoms with Crippen molar-refractivity contribution in [2.45, 2.75) is 38.7 Å². The van der Waals surface area contributed by atoms with E-state index in [1.165, 1.54) is 0 Å². The number of H-pyrrole nitrogens is 1. The van der Waals surface area contributed by atoms with Gasteiger partial charge >= 0.3 is 0 Å². The molecule has 1 N–H and O–H groups in total. The highest BCUT2D eigenvalue weighted by Gasteiger charge is 2.31. The summed E-state index contributed by atoms with van der Waals surface area (Å²) in [5.41, 5.74) is 3.29. The average Bonchev–Trinajstić information content (AvgIpc) is 2.61. The van der Waals surface area contributed by atoms with Crippen LogP contribution in [0.15, 0.2) is 16.9 Å². The highest BCUT2D eigenvalue weighted by Crippen LogP contribution is 2.32. The van der Waals surface area contributed by atoms with Crippen LogP contribution in [0.3, 0.4) is 0 Å². The van der Waals surface area contributed by atoms with Crippen LogP contribution in [-0.4, -0.2) is 35.8 Å². The monoisotopic (exact) mass is 325 g/mol. The van der Waals surface area contributed by atoms with Crippen LogP contribution in [0.5, 0.6) is 0 Å². The van der Waals surface area contributed by atoms with Gasteiger partial charge in [0.25, 0.3) is 5.56 Å². The Hall–Kier alpha value is -2.32. The molecule has 1 fully saturated rings. The molecule has 5 nitrogen and oxygen atoms in total. The molecule has 0 aliphatic carbocycles. The number of nitrogens with zero attached hydrogens (tertiary/aromatic N) is 2. The van der Waals surface area contributed by atoms with Gasteiger partial charge in [0.1, 0.15) is 11.1 Å². The van der Waals surface area contributed by atoms with Crippen molar-refractivity contribution in [2.24, 2.45) is 0 Å². The summed E-state index contributed by atoms with van der Waals surface area (Å²) in [4.78, 5) is 22.2. The Labute approximate surface area is 142 Å². The van der Waals surface area contributed by atoms with E-state index in [1.54, 1.807) is 7.11 Å². The summed E-state index contributed by atoms with van der Waals surface area (Å²) in [6, 6.07) is 3.85. The maximum absolute atomic E-state index is 12.4. The van der Waals surface area contributed by atoms with Crippen molar-refractivity contribution < 1.29 is 4.74 Å². The molecule has 3 heterocycles. The minimum absolute atomic E-state index is 0.119. The number of piperidine rings is 1. The number of terminal acetylenes is 1. The highest BCUT2D eigenvalue weighted by atomic mass is 16.5. The first-order valence-corrected chi connectivity index (χ1v) is 8.34. The Morgan fingerprint density at radius 3 is 2.71 bits per heavy atom. The normalized spacial score (nSPS) is 17.0. The van der Waals surface area contributed by atoms with Crippen molar-refractivity contribution in [3.63, 3.8) is 0 Å². The third kappa shape index (κ3) is 2.78. The molecule has 0 unspecified atom stereocenters. The molecule has 0 radical (unpaired) electrons. The van der Waals surface area contributed by atoms with Gasteiger partial charge in [-0.15, -0.1) is 6.42 Å². The van der Waals surface area contributed by atoms with Crippen molar-refractivity contribution >= 4 is 16.7 Å². The Kier molecular flexibility index (Phi) is 4.33. The number of hydrogen-bond donors (Lipinski definition) is 1. The first-order chi connectivity index (χ1) is 11.5. The Morgan fingerprint density at radius 2 is 2.12 bits per heavy atom. The number of methoxy groups -OCH3 is 1. The Bertz CT molecular complexity index is 855. The molecule has 1 aliphatic heterocycles. The van der Waals surface area contributed by atoms with Crippen LogP contribution < -0.4 is 10.5 Å². The zero-order chi connectivity index (χ0) is 17.3. The molecule has 0 saturated carbocycles. The maximum Gasteiger partial charge on any atom is 0.266 e. The molecule has 1 aliphatic rings. The topological polar surface area (TPSA) is 58.2 Å². The fourth-order valence-electron chi connectivity index (χ4n) is 3.24. The first-order valence-electron chi connectivity index (χ1n) is 8.34. The number of pyridine rings is 2. The van der Waals surface area contributed by atoms with Gasteiger partial charge in [-0.3, -0.25) is 4.79 Å². The van der Waals surface area contributed by atoms with E-state index in [0.29, 0.717) is 5.56 Å². The summed E-state index contributed by atoms with van der Waals surface area (Å²) in [7, 11) is 1.75. The summed E-state index contributed by atoms with van der Waals surface area (Å²) < 4.78 is 5.62. The molecule has 0 atom stereocenters. The molecule has 2 aromatic rings. The molecular formula is C19H23N3O2. The quantitative estimate of drug-likeness (QED) is 0.881. The zero-order valence-electron chi connectivity index (χ0n) is 14.5. The summed E-state index contributed by atoms with van der Waals surface area (Å²) in [5, 5.41) is 0. The summed E-state index contributed by atoms with van der Waals surface area (Å²) in [6.45, 7) is 5.76. The van der Waals surface area contributed by atoms with Crippen molar-refractivity contribution in [2.75, 3.05) is 25.1 Å². The smallest absolute Gasteiger partial charge is 0.266 e. The molecule has 1 saturated heterocycles. The number of aryl methyl sites for hydroxylation is 1. The second-order valence-electron chi connectivity index (χ2n) is 6.52. The minimum atomic E-state index is -0.230. The lowest BCUT2D eigenvalue weighted by Gasteiger charge is -2.39. The van der Waals surface area contributed by atoms with Crippen LogP contribution in [-0.2, 0) is 11.2 Å². The van der Waals surface area contributed by atoms with Crippen LogP contribution >= 0.6 is 0 Å². The van der Waals surface area contributed by atoms with Crippen LogP contribution in [0.25, 0.3) is 11.0 Å². The zero-order valence-corrected chi connectivity index (χ0v) is 14.5. The van der Waals surface area contributed by atoms with E-state index < -0.39 is 0 Å². The van der Waals surface area contributed by atoms with Gasteiger partial charge in [0.2, 0.25) is 0 Å². The van der Waals surface area contributed by atoms with Crippen LogP contribution in [0.4, 0.5) is 5.69 Å². The van der Waals surface area contributed by atoms with E-state index in [2.05, 4.69) is 29.7 Å². The number of anilines is 1. The molecule has 5 heteroatoms. The van der Waals surface area contributed by atoms with Gasteiger partial charge < -0.3 is 14.6 Å². The predicted octanol–water partition coefficient (Wildman–Crippen LogP) is 2.47. The predicted molar refractivity (Wildman–Crippen MR) is 96.5 cm³/mol. The van der Waals surface area contributed by atoms with E-state index in [4.69, 9.17) is 16.1 Å². The molecular weight excluding hydrogens is 302 g/mol. The third-order valence-corrected chi connectivity index (χ3v) is 5.03.